The quantitative estimate of drug-likeness (QED) is 0.686. The Bertz CT molecular complexity index is 940. The Balaban J connectivity index is 1.42. The number of ether oxygens (including phenoxy) is 2. The van der Waals surface area contributed by atoms with Gasteiger partial charge < -0.3 is 24.6 Å². The first-order valence-electron chi connectivity index (χ1n) is 9.66. The van der Waals surface area contributed by atoms with Gasteiger partial charge >= 0.3 is 0 Å². The lowest BCUT2D eigenvalue weighted by molar-refractivity contribution is 0.313. The number of likely N-dealkylation sites (N-methyl/N-ethyl adjacent to an activating group) is 1. The Labute approximate surface area is 170 Å². The van der Waals surface area contributed by atoms with Crippen molar-refractivity contribution in [2.24, 2.45) is 0 Å². The molecule has 1 N–H and O–H groups in total. The van der Waals surface area contributed by atoms with Crippen LogP contribution in [0.25, 0.3) is 0 Å². The van der Waals surface area contributed by atoms with Crippen LogP contribution in [0.1, 0.15) is 0 Å². The van der Waals surface area contributed by atoms with Crippen LogP contribution in [0.15, 0.2) is 60.8 Å². The van der Waals surface area contributed by atoms with Crippen molar-refractivity contribution in [2.75, 3.05) is 50.6 Å². The molecule has 1 aliphatic heterocycles. The number of para-hydroxylation sites is 2. The molecule has 0 bridgehead atoms. The van der Waals surface area contributed by atoms with E-state index in [-0.39, 0.29) is 0 Å². The van der Waals surface area contributed by atoms with Gasteiger partial charge in [0.15, 0.2) is 11.5 Å². The predicted molar refractivity (Wildman–Crippen MR) is 115 cm³/mol. The third-order valence-corrected chi connectivity index (χ3v) is 4.91. The standard InChI is InChI=1S/C22H25N5O2/c1-26-13-15-27(16-14-26)18-9-7-17(8-10-18)24-22-23-12-11-21(25-22)29-20-6-4-3-5-19(20)28-2/h3-12H,13-16H2,1-2H3,(H,23,24,25). The normalized spacial score (nSPS) is 14.5. The van der Waals surface area contributed by atoms with Crippen LogP contribution in [0.5, 0.6) is 17.4 Å². The molecule has 1 aromatic heterocycles. The van der Waals surface area contributed by atoms with Crippen molar-refractivity contribution in [3.05, 3.63) is 60.8 Å². The lowest BCUT2D eigenvalue weighted by atomic mass is 10.2. The van der Waals surface area contributed by atoms with Gasteiger partial charge in [0.1, 0.15) is 0 Å². The molecule has 0 spiro atoms. The number of hydrogen-bond acceptors (Lipinski definition) is 7. The predicted octanol–water partition coefficient (Wildman–Crippen LogP) is 3.77. The Hall–Kier alpha value is -3.32. The molecule has 0 atom stereocenters. The summed E-state index contributed by atoms with van der Waals surface area (Å²) < 4.78 is 11.2. The lowest BCUT2D eigenvalue weighted by Gasteiger charge is -2.34. The number of nitrogens with one attached hydrogen (secondary N) is 1. The highest BCUT2D eigenvalue weighted by Crippen LogP contribution is 2.30. The topological polar surface area (TPSA) is 62.8 Å². The minimum Gasteiger partial charge on any atom is -0.493 e. The summed E-state index contributed by atoms with van der Waals surface area (Å²) in [6.07, 6.45) is 1.67. The van der Waals surface area contributed by atoms with Crippen molar-refractivity contribution in [3.63, 3.8) is 0 Å². The van der Waals surface area contributed by atoms with E-state index in [1.807, 2.05) is 36.4 Å². The number of piperazine rings is 1. The number of aromatic nitrogens is 2. The van der Waals surface area contributed by atoms with E-state index in [1.165, 1.54) is 5.69 Å². The summed E-state index contributed by atoms with van der Waals surface area (Å²) in [4.78, 5) is 13.5. The second-order valence-electron chi connectivity index (χ2n) is 6.93. The summed E-state index contributed by atoms with van der Waals surface area (Å²) in [6.45, 7) is 4.28. The van der Waals surface area contributed by atoms with Crippen LogP contribution in [-0.2, 0) is 0 Å². The van der Waals surface area contributed by atoms with Crippen molar-refractivity contribution >= 4 is 17.3 Å². The van der Waals surface area contributed by atoms with Crippen molar-refractivity contribution in [1.29, 1.82) is 0 Å². The molecule has 2 aromatic carbocycles. The minimum atomic E-state index is 0.445. The Morgan fingerprint density at radius 1 is 0.897 bits per heavy atom. The molecule has 4 rings (SSSR count). The first-order chi connectivity index (χ1) is 14.2. The van der Waals surface area contributed by atoms with Gasteiger partial charge in [-0.3, -0.25) is 0 Å². The molecule has 0 saturated carbocycles. The van der Waals surface area contributed by atoms with E-state index in [4.69, 9.17) is 9.47 Å². The molecular formula is C22H25N5O2. The second kappa shape index (κ2) is 8.79. The molecule has 1 aliphatic rings. The third-order valence-electron chi connectivity index (χ3n) is 4.91. The van der Waals surface area contributed by atoms with Crippen molar-refractivity contribution in [3.8, 4) is 17.4 Å². The third kappa shape index (κ3) is 4.75. The Morgan fingerprint density at radius 3 is 2.34 bits per heavy atom. The molecule has 0 amide bonds. The number of hydrogen-bond donors (Lipinski definition) is 1. The monoisotopic (exact) mass is 391 g/mol. The van der Waals surface area contributed by atoms with Crippen molar-refractivity contribution in [2.45, 2.75) is 0 Å². The first kappa shape index (κ1) is 19.0. The molecule has 7 nitrogen and oxygen atoms in total. The Kier molecular flexibility index (Phi) is 5.76. The van der Waals surface area contributed by atoms with Crippen LogP contribution >= 0.6 is 0 Å². The van der Waals surface area contributed by atoms with E-state index in [0.29, 0.717) is 23.3 Å². The SMILES string of the molecule is COc1ccccc1Oc1ccnc(Nc2ccc(N3CCN(C)CC3)cc2)n1. The smallest absolute Gasteiger partial charge is 0.230 e. The molecule has 150 valence electrons. The van der Waals surface area contributed by atoms with E-state index < -0.39 is 0 Å². The molecule has 1 saturated heterocycles. The Morgan fingerprint density at radius 2 is 1.62 bits per heavy atom. The van der Waals surface area contributed by atoms with Crippen LogP contribution in [0, 0.1) is 0 Å². The summed E-state index contributed by atoms with van der Waals surface area (Å²) >= 11 is 0. The zero-order valence-corrected chi connectivity index (χ0v) is 16.7. The highest BCUT2D eigenvalue weighted by Gasteiger charge is 2.14. The maximum atomic E-state index is 5.86. The fourth-order valence-electron chi connectivity index (χ4n) is 3.22. The van der Waals surface area contributed by atoms with Gasteiger partial charge in [-0.2, -0.15) is 4.98 Å². The maximum Gasteiger partial charge on any atom is 0.230 e. The zero-order valence-electron chi connectivity index (χ0n) is 16.7. The van der Waals surface area contributed by atoms with Gasteiger partial charge in [0, 0.05) is 49.8 Å². The largest absolute Gasteiger partial charge is 0.493 e. The highest BCUT2D eigenvalue weighted by molar-refractivity contribution is 5.59. The van der Waals surface area contributed by atoms with Crippen LogP contribution in [0.3, 0.4) is 0 Å². The zero-order chi connectivity index (χ0) is 20.1. The summed E-state index contributed by atoms with van der Waals surface area (Å²) in [5.41, 5.74) is 2.16. The summed E-state index contributed by atoms with van der Waals surface area (Å²) in [5, 5.41) is 3.24. The summed E-state index contributed by atoms with van der Waals surface area (Å²) in [5.74, 6) is 2.18. The molecule has 29 heavy (non-hydrogen) atoms. The number of methoxy groups -OCH3 is 1. The summed E-state index contributed by atoms with van der Waals surface area (Å²) in [6, 6.07) is 17.5. The van der Waals surface area contributed by atoms with E-state index in [0.717, 1.165) is 31.9 Å². The molecular weight excluding hydrogens is 366 g/mol. The molecule has 2 heterocycles. The van der Waals surface area contributed by atoms with E-state index in [9.17, 15) is 0 Å². The molecule has 0 aliphatic carbocycles. The highest BCUT2D eigenvalue weighted by atomic mass is 16.5. The fraction of sp³-hybridized carbons (Fsp3) is 0.273. The second-order valence-corrected chi connectivity index (χ2v) is 6.93. The molecule has 7 heteroatoms. The molecule has 3 aromatic rings. The molecule has 1 fully saturated rings. The van der Waals surface area contributed by atoms with Crippen LogP contribution < -0.4 is 19.7 Å². The average molecular weight is 391 g/mol. The number of anilines is 3. The van der Waals surface area contributed by atoms with E-state index >= 15 is 0 Å². The average Bonchev–Trinajstić information content (AvgIpc) is 2.76. The van der Waals surface area contributed by atoms with Crippen LogP contribution in [0.4, 0.5) is 17.3 Å². The number of nitrogens with zero attached hydrogens (tertiary/aromatic N) is 4. The number of benzene rings is 2. The lowest BCUT2D eigenvalue weighted by Crippen LogP contribution is -2.44. The van der Waals surface area contributed by atoms with Gasteiger partial charge in [-0.15, -0.1) is 0 Å². The minimum absolute atomic E-state index is 0.445. The first-order valence-corrected chi connectivity index (χ1v) is 9.66. The van der Waals surface area contributed by atoms with Crippen LogP contribution in [-0.4, -0.2) is 55.2 Å². The molecule has 0 unspecified atom stereocenters. The van der Waals surface area contributed by atoms with E-state index in [1.54, 1.807) is 19.4 Å². The van der Waals surface area contributed by atoms with Crippen LogP contribution in [0.2, 0.25) is 0 Å². The number of rotatable bonds is 6. The maximum absolute atomic E-state index is 5.86. The van der Waals surface area contributed by atoms with E-state index in [2.05, 4.69) is 44.3 Å². The van der Waals surface area contributed by atoms with Gasteiger partial charge in [0.2, 0.25) is 11.8 Å². The van der Waals surface area contributed by atoms with Gasteiger partial charge in [0.05, 0.1) is 7.11 Å². The fourth-order valence-corrected chi connectivity index (χ4v) is 3.22. The summed E-state index contributed by atoms with van der Waals surface area (Å²) in [7, 11) is 3.77. The van der Waals surface area contributed by atoms with Crippen molar-refractivity contribution < 1.29 is 9.47 Å². The van der Waals surface area contributed by atoms with Gasteiger partial charge in [-0.1, -0.05) is 12.1 Å². The van der Waals surface area contributed by atoms with Gasteiger partial charge in [0.25, 0.3) is 0 Å². The van der Waals surface area contributed by atoms with Gasteiger partial charge in [-0.25, -0.2) is 4.98 Å². The van der Waals surface area contributed by atoms with Gasteiger partial charge in [-0.05, 0) is 43.4 Å². The van der Waals surface area contributed by atoms with Crippen molar-refractivity contribution in [1.82, 2.24) is 14.9 Å². The molecule has 0 radical (unpaired) electrons.